The summed E-state index contributed by atoms with van der Waals surface area (Å²) in [6.45, 7) is 4.76. The highest BCUT2D eigenvalue weighted by Crippen LogP contribution is 2.33. The van der Waals surface area contributed by atoms with Crippen LogP contribution in [0.15, 0.2) is 108 Å². The minimum Gasteiger partial charge on any atom is -0.506 e. The number of fused-ring (bicyclic) bond motifs is 5. The second-order valence-electron chi connectivity index (χ2n) is 14.4. The van der Waals surface area contributed by atoms with Crippen molar-refractivity contribution in [2.75, 3.05) is 31.5 Å². The van der Waals surface area contributed by atoms with Crippen molar-refractivity contribution in [3.8, 4) is 16.9 Å². The monoisotopic (exact) mass is 711 g/mol. The maximum Gasteiger partial charge on any atom is 0.411 e. The smallest absolute Gasteiger partial charge is 0.411 e. The third-order valence-electron chi connectivity index (χ3n) is 10.9. The standard InChI is InChI=1S/C43H45N5O5/c49-38-14-11-34(35-12-15-41(51)46-42(35)38)39(50)26-44-25-29-9-13-37-32(23-29)18-22-48(37)19-4-5-28-8-10-33(30-6-2-1-3-7-30)36(24-28)45-43(52)53-40-27-47-20-16-31(40)17-21-47/h1-3,6-15,18,22-24,31,39-40,44,49-50H,4-5,16-17,19-21,25-27H2,(H,45,52)(H,46,51)/t39-,40-/m0/s1. The van der Waals surface area contributed by atoms with Crippen LogP contribution in [0.3, 0.4) is 0 Å². The van der Waals surface area contributed by atoms with Crippen molar-refractivity contribution in [2.45, 2.75) is 51.0 Å². The van der Waals surface area contributed by atoms with E-state index in [-0.39, 0.29) is 23.5 Å². The van der Waals surface area contributed by atoms with E-state index >= 15 is 0 Å². The molecule has 0 saturated carbocycles. The Morgan fingerprint density at radius 3 is 2.58 bits per heavy atom. The van der Waals surface area contributed by atoms with Gasteiger partial charge in [-0.25, -0.2) is 4.79 Å². The first-order valence-corrected chi connectivity index (χ1v) is 18.6. The molecule has 0 radical (unpaired) electrons. The number of phenolic OH excluding ortho intramolecular Hbond substituents is 1. The number of hydrogen-bond acceptors (Lipinski definition) is 7. The molecule has 0 aliphatic carbocycles. The summed E-state index contributed by atoms with van der Waals surface area (Å²) in [7, 11) is 0. The van der Waals surface area contributed by atoms with E-state index in [9.17, 15) is 19.8 Å². The molecule has 0 unspecified atom stereocenters. The van der Waals surface area contributed by atoms with Crippen molar-refractivity contribution in [1.29, 1.82) is 0 Å². The Bertz CT molecular complexity index is 2290. The number of amides is 1. The Morgan fingerprint density at radius 1 is 0.943 bits per heavy atom. The van der Waals surface area contributed by atoms with E-state index in [0.717, 1.165) is 90.7 Å². The SMILES string of the molecule is O=C(Nc1cc(CCCn2ccc3cc(CNC[C@H](O)c4ccc(O)c5[nH]c(=O)ccc45)ccc32)ccc1-c1ccccc1)O[C@H]1CN2CCC1CC2. The molecule has 1 amide bonds. The molecule has 2 atom stereocenters. The number of carbonyl (C=O) groups is 1. The summed E-state index contributed by atoms with van der Waals surface area (Å²) in [5.74, 6) is 0.423. The summed E-state index contributed by atoms with van der Waals surface area (Å²) in [4.78, 5) is 30.0. The maximum atomic E-state index is 13.2. The third-order valence-corrected chi connectivity index (χ3v) is 10.9. The number of rotatable bonds is 12. The number of carbonyl (C=O) groups excluding carboxylic acids is 1. The lowest BCUT2D eigenvalue weighted by Crippen LogP contribution is -2.52. The van der Waals surface area contributed by atoms with Gasteiger partial charge in [0.1, 0.15) is 11.9 Å². The molecule has 6 aromatic rings. The summed E-state index contributed by atoms with van der Waals surface area (Å²) in [5.41, 5.74) is 6.87. The number of ether oxygens (including phenoxy) is 1. The molecular formula is C43H45N5O5. The summed E-state index contributed by atoms with van der Waals surface area (Å²) >= 11 is 0. The lowest BCUT2D eigenvalue weighted by molar-refractivity contribution is -0.0289. The molecule has 3 aliphatic rings. The summed E-state index contributed by atoms with van der Waals surface area (Å²) in [5, 5.41) is 29.3. The Kier molecular flexibility index (Phi) is 9.99. The zero-order chi connectivity index (χ0) is 36.3. The predicted molar refractivity (Wildman–Crippen MR) is 208 cm³/mol. The van der Waals surface area contributed by atoms with E-state index in [1.807, 2.05) is 18.2 Å². The van der Waals surface area contributed by atoms with Crippen molar-refractivity contribution >= 4 is 33.6 Å². The topological polar surface area (TPSA) is 132 Å². The minimum atomic E-state index is -0.820. The number of aromatic nitrogens is 2. The highest BCUT2D eigenvalue weighted by molar-refractivity contribution is 5.92. The number of hydrogen-bond donors (Lipinski definition) is 5. The van der Waals surface area contributed by atoms with E-state index in [1.165, 1.54) is 12.1 Å². The largest absolute Gasteiger partial charge is 0.506 e. The van der Waals surface area contributed by atoms with Gasteiger partial charge in [0.05, 0.1) is 17.3 Å². The normalized spacial score (nSPS) is 18.7. The van der Waals surface area contributed by atoms with E-state index in [4.69, 9.17) is 4.74 Å². The van der Waals surface area contributed by atoms with Crippen LogP contribution in [0.4, 0.5) is 10.5 Å². The van der Waals surface area contributed by atoms with Crippen molar-refractivity contribution in [3.05, 3.63) is 130 Å². The fourth-order valence-corrected chi connectivity index (χ4v) is 8.06. The van der Waals surface area contributed by atoms with Crippen LogP contribution in [0.5, 0.6) is 5.75 Å². The lowest BCUT2D eigenvalue weighted by atomic mass is 9.86. The first-order valence-electron chi connectivity index (χ1n) is 18.6. The molecule has 3 saturated heterocycles. The van der Waals surface area contributed by atoms with Gasteiger partial charge in [-0.1, -0.05) is 54.6 Å². The maximum absolute atomic E-state index is 13.2. The minimum absolute atomic E-state index is 0.0285. The van der Waals surface area contributed by atoms with Gasteiger partial charge in [-0.2, -0.15) is 0 Å². The van der Waals surface area contributed by atoms with Gasteiger partial charge in [-0.05, 0) is 109 Å². The lowest BCUT2D eigenvalue weighted by Gasteiger charge is -2.43. The molecule has 3 aliphatic heterocycles. The number of nitrogens with zero attached hydrogens (tertiary/aromatic N) is 2. The number of aromatic amines is 1. The van der Waals surface area contributed by atoms with Gasteiger partial charge in [0, 0.05) is 54.9 Å². The van der Waals surface area contributed by atoms with Gasteiger partial charge in [-0.3, -0.25) is 15.0 Å². The fourth-order valence-electron chi connectivity index (χ4n) is 8.06. The second kappa shape index (κ2) is 15.3. The summed E-state index contributed by atoms with van der Waals surface area (Å²) in [6, 6.07) is 31.2. The molecule has 3 fully saturated rings. The number of aliphatic hydroxyl groups is 1. The Balaban J connectivity index is 0.881. The second-order valence-corrected chi connectivity index (χ2v) is 14.4. The van der Waals surface area contributed by atoms with Crippen LogP contribution < -0.4 is 16.2 Å². The van der Waals surface area contributed by atoms with Gasteiger partial charge in [0.25, 0.3) is 0 Å². The van der Waals surface area contributed by atoms with E-state index in [0.29, 0.717) is 35.5 Å². The zero-order valence-electron chi connectivity index (χ0n) is 29.6. The summed E-state index contributed by atoms with van der Waals surface area (Å²) in [6.07, 6.45) is 4.85. The van der Waals surface area contributed by atoms with Crippen LogP contribution in [0.2, 0.25) is 0 Å². The quantitative estimate of drug-likeness (QED) is 0.0928. The first-order chi connectivity index (χ1) is 25.9. The van der Waals surface area contributed by atoms with E-state index in [2.05, 4.69) is 85.9 Å². The van der Waals surface area contributed by atoms with Crippen LogP contribution >= 0.6 is 0 Å². The number of pyridine rings is 1. The average Bonchev–Trinajstić information content (AvgIpc) is 3.58. The fraction of sp³-hybridized carbons (Fsp3) is 0.302. The van der Waals surface area contributed by atoms with Crippen molar-refractivity contribution in [2.24, 2.45) is 5.92 Å². The number of nitrogens with one attached hydrogen (secondary N) is 3. The number of H-pyrrole nitrogens is 1. The number of aliphatic hydroxyl groups excluding tert-OH is 1. The molecule has 5 N–H and O–H groups in total. The number of aromatic hydroxyl groups is 1. The van der Waals surface area contributed by atoms with Gasteiger partial charge >= 0.3 is 6.09 Å². The predicted octanol–water partition coefficient (Wildman–Crippen LogP) is 6.95. The van der Waals surface area contributed by atoms with Crippen LogP contribution in [0, 0.1) is 5.92 Å². The number of benzene rings is 4. The zero-order valence-corrected chi connectivity index (χ0v) is 29.6. The van der Waals surface area contributed by atoms with Crippen LogP contribution in [0.1, 0.15) is 42.1 Å². The average molecular weight is 712 g/mol. The van der Waals surface area contributed by atoms with Crippen LogP contribution in [0.25, 0.3) is 32.9 Å². The molecule has 10 heteroatoms. The third kappa shape index (κ3) is 7.71. The number of anilines is 1. The highest BCUT2D eigenvalue weighted by atomic mass is 16.6. The Hall–Kier alpha value is -5.42. The van der Waals surface area contributed by atoms with E-state index in [1.54, 1.807) is 12.1 Å². The molecule has 0 spiro atoms. The molecule has 2 aromatic heterocycles. The number of aryl methyl sites for hydroxylation is 2. The van der Waals surface area contributed by atoms with Gasteiger partial charge in [0.15, 0.2) is 0 Å². The number of piperidine rings is 3. The van der Waals surface area contributed by atoms with Gasteiger partial charge < -0.3 is 29.8 Å². The molecule has 5 heterocycles. The van der Waals surface area contributed by atoms with Crippen molar-refractivity contribution < 1.29 is 19.7 Å². The van der Waals surface area contributed by atoms with E-state index < -0.39 is 6.10 Å². The van der Waals surface area contributed by atoms with Gasteiger partial charge in [0.2, 0.25) is 5.56 Å². The van der Waals surface area contributed by atoms with Crippen LogP contribution in [-0.4, -0.2) is 63.0 Å². The number of phenols is 1. The molecule has 4 aromatic carbocycles. The molecule has 2 bridgehead atoms. The first kappa shape index (κ1) is 34.7. The van der Waals surface area contributed by atoms with Gasteiger partial charge in [-0.15, -0.1) is 0 Å². The molecule has 272 valence electrons. The van der Waals surface area contributed by atoms with Crippen LogP contribution in [-0.2, 0) is 24.2 Å². The molecule has 10 nitrogen and oxygen atoms in total. The summed E-state index contributed by atoms with van der Waals surface area (Å²) < 4.78 is 8.26. The molecular weight excluding hydrogens is 667 g/mol. The van der Waals surface area contributed by atoms with Crippen molar-refractivity contribution in [3.63, 3.8) is 0 Å². The molecule has 9 rings (SSSR count). The Labute approximate surface area is 308 Å². The van der Waals surface area contributed by atoms with Crippen molar-refractivity contribution in [1.82, 2.24) is 19.8 Å². The highest BCUT2D eigenvalue weighted by Gasteiger charge is 2.36. The molecule has 53 heavy (non-hydrogen) atoms. The Morgan fingerprint density at radius 2 is 1.77 bits per heavy atom.